The zero-order chi connectivity index (χ0) is 11.7. The molecule has 2 rings (SSSR count). The van der Waals surface area contributed by atoms with Gasteiger partial charge in [-0.1, -0.05) is 34.6 Å². The Morgan fingerprint density at radius 2 is 1.67 bits per heavy atom. The molecule has 86 valence electrons. The first kappa shape index (κ1) is 11.0. The molecule has 1 saturated heterocycles. The van der Waals surface area contributed by atoms with Gasteiger partial charge in [0.05, 0.1) is 5.41 Å². The van der Waals surface area contributed by atoms with Crippen LogP contribution >= 0.6 is 0 Å². The van der Waals surface area contributed by atoms with Gasteiger partial charge in [-0.25, -0.2) is 0 Å². The Hall–Kier alpha value is -0.530. The van der Waals surface area contributed by atoms with E-state index in [0.29, 0.717) is 0 Å². The fourth-order valence-electron chi connectivity index (χ4n) is 3.77. The first-order valence-electron chi connectivity index (χ1n) is 5.82. The highest BCUT2D eigenvalue weighted by Gasteiger charge is 2.75. The molecule has 0 N–H and O–H groups in total. The van der Waals surface area contributed by atoms with Crippen molar-refractivity contribution >= 4 is 5.97 Å². The Labute approximate surface area is 92.4 Å². The number of ether oxygens (including phenoxy) is 1. The lowest BCUT2D eigenvalue weighted by atomic mass is 9.59. The van der Waals surface area contributed by atoms with Crippen LogP contribution in [0.25, 0.3) is 0 Å². The summed E-state index contributed by atoms with van der Waals surface area (Å²) in [5.41, 5.74) is -0.595. The number of esters is 1. The van der Waals surface area contributed by atoms with E-state index in [-0.39, 0.29) is 27.8 Å². The molecule has 0 spiro atoms. The Morgan fingerprint density at radius 3 is 1.87 bits per heavy atom. The number of hydrogen-bond acceptors (Lipinski definition) is 2. The fourth-order valence-corrected chi connectivity index (χ4v) is 3.77. The predicted molar refractivity (Wildman–Crippen MR) is 59.4 cm³/mol. The van der Waals surface area contributed by atoms with Gasteiger partial charge in [-0.2, -0.15) is 0 Å². The zero-order valence-electron chi connectivity index (χ0n) is 10.7. The molecule has 2 atom stereocenters. The van der Waals surface area contributed by atoms with Crippen LogP contribution in [-0.4, -0.2) is 11.6 Å². The monoisotopic (exact) mass is 210 g/mol. The van der Waals surface area contributed by atoms with Crippen LogP contribution < -0.4 is 0 Å². The van der Waals surface area contributed by atoms with E-state index in [0.717, 1.165) is 12.8 Å². The summed E-state index contributed by atoms with van der Waals surface area (Å²) < 4.78 is 5.79. The molecule has 0 amide bonds. The molecule has 0 radical (unpaired) electrons. The smallest absolute Gasteiger partial charge is 0.313 e. The van der Waals surface area contributed by atoms with Crippen LogP contribution in [0.2, 0.25) is 0 Å². The van der Waals surface area contributed by atoms with E-state index < -0.39 is 0 Å². The Bertz CT molecular complexity index is 324. The minimum absolute atomic E-state index is 0.00803. The third-order valence-electron chi connectivity index (χ3n) is 5.30. The van der Waals surface area contributed by atoms with E-state index in [1.54, 1.807) is 0 Å². The maximum Gasteiger partial charge on any atom is 0.313 e. The lowest BCUT2D eigenvalue weighted by molar-refractivity contribution is -0.172. The summed E-state index contributed by atoms with van der Waals surface area (Å²) in [6.07, 6.45) is 1.97. The molecular formula is C13H22O2. The number of carbonyl (C=O) groups excluding carboxylic acids is 1. The topological polar surface area (TPSA) is 26.3 Å². The van der Waals surface area contributed by atoms with Crippen LogP contribution in [0.4, 0.5) is 0 Å². The second-order valence-corrected chi connectivity index (χ2v) is 6.92. The lowest BCUT2D eigenvalue weighted by Crippen LogP contribution is -2.50. The second kappa shape index (κ2) is 2.41. The van der Waals surface area contributed by atoms with Gasteiger partial charge in [-0.15, -0.1) is 0 Å². The summed E-state index contributed by atoms with van der Waals surface area (Å²) in [4.78, 5) is 12.0. The molecule has 1 saturated carbocycles. The van der Waals surface area contributed by atoms with Gasteiger partial charge >= 0.3 is 5.97 Å². The molecule has 2 aliphatic rings. The van der Waals surface area contributed by atoms with E-state index in [9.17, 15) is 4.79 Å². The van der Waals surface area contributed by atoms with Crippen molar-refractivity contribution < 1.29 is 9.53 Å². The third-order valence-corrected chi connectivity index (χ3v) is 5.30. The van der Waals surface area contributed by atoms with Crippen molar-refractivity contribution in [1.82, 2.24) is 0 Å². The summed E-state index contributed by atoms with van der Waals surface area (Å²) in [7, 11) is 0. The number of carbonyl (C=O) groups is 1. The van der Waals surface area contributed by atoms with E-state index in [2.05, 4.69) is 41.5 Å². The van der Waals surface area contributed by atoms with Gasteiger partial charge in [0.2, 0.25) is 0 Å². The number of fused-ring (bicyclic) bond motifs is 2. The SMILES string of the molecule is CC12CC[C@](C(C)(C)C)(OC1=O)C2(C)C. The summed E-state index contributed by atoms with van der Waals surface area (Å²) >= 11 is 0. The maximum absolute atomic E-state index is 12.0. The summed E-state index contributed by atoms with van der Waals surface area (Å²) in [5, 5.41) is 0. The van der Waals surface area contributed by atoms with Crippen LogP contribution in [0.1, 0.15) is 54.4 Å². The molecule has 0 aromatic heterocycles. The molecule has 1 aliphatic carbocycles. The van der Waals surface area contributed by atoms with Crippen molar-refractivity contribution in [2.24, 2.45) is 16.2 Å². The van der Waals surface area contributed by atoms with Gasteiger partial charge in [0, 0.05) is 10.8 Å². The van der Waals surface area contributed by atoms with Crippen LogP contribution in [0.15, 0.2) is 0 Å². The molecule has 1 aliphatic heterocycles. The molecule has 2 heteroatoms. The van der Waals surface area contributed by atoms with E-state index in [4.69, 9.17) is 4.74 Å². The predicted octanol–water partition coefficient (Wildman–Crippen LogP) is 3.15. The second-order valence-electron chi connectivity index (χ2n) is 6.92. The molecule has 15 heavy (non-hydrogen) atoms. The molecule has 2 nitrogen and oxygen atoms in total. The normalized spacial score (nSPS) is 43.2. The van der Waals surface area contributed by atoms with Gasteiger partial charge in [0.1, 0.15) is 5.60 Å². The molecule has 2 bridgehead atoms. The Kier molecular flexibility index (Phi) is 1.76. The minimum Gasteiger partial charge on any atom is -0.457 e. The summed E-state index contributed by atoms with van der Waals surface area (Å²) in [6, 6.07) is 0. The van der Waals surface area contributed by atoms with Crippen molar-refractivity contribution in [3.8, 4) is 0 Å². The first-order chi connectivity index (χ1) is 6.58. The molecule has 1 heterocycles. The molecule has 2 fully saturated rings. The van der Waals surface area contributed by atoms with E-state index >= 15 is 0 Å². The first-order valence-corrected chi connectivity index (χ1v) is 5.82. The van der Waals surface area contributed by atoms with Crippen molar-refractivity contribution in [2.75, 3.05) is 0 Å². The van der Waals surface area contributed by atoms with E-state index in [1.807, 2.05) is 0 Å². The average Bonchev–Trinajstić information content (AvgIpc) is 2.33. The lowest BCUT2D eigenvalue weighted by Gasteiger charge is -2.46. The van der Waals surface area contributed by atoms with Crippen LogP contribution in [-0.2, 0) is 9.53 Å². The number of hydrogen-bond donors (Lipinski definition) is 0. The quantitative estimate of drug-likeness (QED) is 0.574. The highest BCUT2D eigenvalue weighted by Crippen LogP contribution is 2.70. The van der Waals surface area contributed by atoms with Crippen molar-refractivity contribution in [2.45, 2.75) is 60.0 Å². The van der Waals surface area contributed by atoms with Gasteiger partial charge in [-0.3, -0.25) is 4.79 Å². The van der Waals surface area contributed by atoms with Gasteiger partial charge in [-0.05, 0) is 19.8 Å². The van der Waals surface area contributed by atoms with Crippen LogP contribution in [0.5, 0.6) is 0 Å². The molecule has 1 unspecified atom stereocenters. The highest BCUT2D eigenvalue weighted by atomic mass is 16.6. The zero-order valence-corrected chi connectivity index (χ0v) is 10.7. The maximum atomic E-state index is 12.0. The minimum atomic E-state index is -0.277. The van der Waals surface area contributed by atoms with Crippen LogP contribution in [0, 0.1) is 16.2 Å². The standard InChI is InChI=1S/C13H22O2/c1-10(2,3)13-8-7-12(6,9(14)15-13)11(13,4)5/h7-8H2,1-6H3/t12?,13-/m1/s1. The third kappa shape index (κ3) is 0.896. The summed E-state index contributed by atoms with van der Waals surface area (Å²) in [6.45, 7) is 13.0. The van der Waals surface area contributed by atoms with Crippen molar-refractivity contribution in [3.05, 3.63) is 0 Å². The van der Waals surface area contributed by atoms with Gasteiger partial charge in [0.15, 0.2) is 0 Å². The van der Waals surface area contributed by atoms with Crippen molar-refractivity contribution in [1.29, 1.82) is 0 Å². The van der Waals surface area contributed by atoms with Crippen molar-refractivity contribution in [3.63, 3.8) is 0 Å². The summed E-state index contributed by atoms with van der Waals surface area (Å²) in [5.74, 6) is 0.00803. The van der Waals surface area contributed by atoms with Gasteiger partial charge in [0.25, 0.3) is 0 Å². The molecule has 0 aromatic rings. The van der Waals surface area contributed by atoms with Gasteiger partial charge < -0.3 is 4.74 Å². The average molecular weight is 210 g/mol. The fraction of sp³-hybridized carbons (Fsp3) is 0.923. The van der Waals surface area contributed by atoms with Crippen LogP contribution in [0.3, 0.4) is 0 Å². The Balaban J connectivity index is 2.59. The van der Waals surface area contributed by atoms with E-state index in [1.165, 1.54) is 0 Å². The Morgan fingerprint density at radius 1 is 1.13 bits per heavy atom. The molecular weight excluding hydrogens is 188 g/mol. The highest BCUT2D eigenvalue weighted by molar-refractivity contribution is 5.82. The molecule has 0 aromatic carbocycles. The number of rotatable bonds is 0. The largest absolute Gasteiger partial charge is 0.457 e.